The summed E-state index contributed by atoms with van der Waals surface area (Å²) in [4.78, 5) is 24.7. The zero-order chi connectivity index (χ0) is 16.1. The van der Waals surface area contributed by atoms with Crippen molar-refractivity contribution in [1.29, 1.82) is 0 Å². The third kappa shape index (κ3) is 2.90. The molecule has 4 aliphatic rings. The number of amides is 2. The minimum Gasteiger partial charge on any atom is -0.390 e. The lowest BCUT2D eigenvalue weighted by Crippen LogP contribution is -2.57. The predicted octanol–water partition coefficient (Wildman–Crippen LogP) is 2.23. The summed E-state index contributed by atoms with van der Waals surface area (Å²) in [6.45, 7) is 0. The fraction of sp³-hybridized carbons (Fsp3) is 0.647. The number of carbonyl (C=O) groups is 2. The third-order valence-corrected chi connectivity index (χ3v) is 6.62. The van der Waals surface area contributed by atoms with Crippen LogP contribution in [0.1, 0.15) is 54.6 Å². The van der Waals surface area contributed by atoms with Gasteiger partial charge in [0, 0.05) is 6.42 Å². The van der Waals surface area contributed by atoms with Crippen molar-refractivity contribution in [3.8, 4) is 0 Å². The standard InChI is InChI=1S/C17H22N2O3S/c20-14(18-19-15(21)13-2-1-3-23-13)9-16-5-11-4-12(6-16)8-17(22,7-11)10-16/h1-3,11-12,22H,4-10H2,(H,18,20)(H,19,21)/t11-,12+,16?,17?. The molecule has 124 valence electrons. The van der Waals surface area contributed by atoms with E-state index < -0.39 is 5.60 Å². The quantitative estimate of drug-likeness (QED) is 0.742. The Morgan fingerprint density at radius 1 is 1.22 bits per heavy atom. The molecule has 0 radical (unpaired) electrons. The highest BCUT2D eigenvalue weighted by Gasteiger charge is 2.57. The number of nitrogens with one attached hydrogen (secondary N) is 2. The lowest BCUT2D eigenvalue weighted by molar-refractivity contribution is -0.169. The fourth-order valence-electron chi connectivity index (χ4n) is 5.59. The molecule has 5 nitrogen and oxygen atoms in total. The van der Waals surface area contributed by atoms with Gasteiger partial charge in [-0.1, -0.05) is 6.07 Å². The number of carbonyl (C=O) groups excluding carboxylic acids is 2. The van der Waals surface area contributed by atoms with Gasteiger partial charge in [-0.15, -0.1) is 11.3 Å². The second-order valence-electron chi connectivity index (χ2n) is 7.84. The summed E-state index contributed by atoms with van der Waals surface area (Å²) in [5, 5.41) is 12.5. The van der Waals surface area contributed by atoms with Gasteiger partial charge in [0.25, 0.3) is 5.91 Å². The minimum atomic E-state index is -0.551. The van der Waals surface area contributed by atoms with E-state index >= 15 is 0 Å². The van der Waals surface area contributed by atoms with Crippen molar-refractivity contribution >= 4 is 23.2 Å². The SMILES string of the molecule is O=C(CC12C[C@@H]3C[C@@H](CC(O)(C3)C1)C2)NNC(=O)c1cccs1. The van der Waals surface area contributed by atoms with E-state index in [4.69, 9.17) is 0 Å². The molecule has 23 heavy (non-hydrogen) atoms. The van der Waals surface area contributed by atoms with E-state index in [0.29, 0.717) is 23.1 Å². The normalized spacial score (nSPS) is 37.6. The number of rotatable bonds is 3. The second kappa shape index (κ2) is 5.31. The highest BCUT2D eigenvalue weighted by atomic mass is 32.1. The van der Waals surface area contributed by atoms with E-state index in [2.05, 4.69) is 10.9 Å². The maximum atomic E-state index is 12.3. The molecule has 4 saturated carbocycles. The van der Waals surface area contributed by atoms with E-state index in [1.165, 1.54) is 17.8 Å². The van der Waals surface area contributed by atoms with Gasteiger partial charge >= 0.3 is 0 Å². The molecule has 3 N–H and O–H groups in total. The monoisotopic (exact) mass is 334 g/mol. The van der Waals surface area contributed by atoms with Crippen molar-refractivity contribution in [2.75, 3.05) is 0 Å². The van der Waals surface area contributed by atoms with Gasteiger partial charge in [-0.3, -0.25) is 20.4 Å². The Balaban J connectivity index is 1.36. The molecule has 0 spiro atoms. The van der Waals surface area contributed by atoms with Crippen molar-refractivity contribution in [3.63, 3.8) is 0 Å². The smallest absolute Gasteiger partial charge is 0.279 e. The highest BCUT2D eigenvalue weighted by Crippen LogP contribution is 2.62. The molecule has 4 atom stereocenters. The van der Waals surface area contributed by atoms with Crippen LogP contribution in [-0.2, 0) is 4.79 Å². The molecule has 1 heterocycles. The first-order valence-electron chi connectivity index (χ1n) is 8.30. The van der Waals surface area contributed by atoms with Gasteiger partial charge in [-0.2, -0.15) is 0 Å². The predicted molar refractivity (Wildman–Crippen MR) is 86.6 cm³/mol. The number of hydrogen-bond donors (Lipinski definition) is 3. The third-order valence-electron chi connectivity index (χ3n) is 5.75. The van der Waals surface area contributed by atoms with E-state index in [1.54, 1.807) is 12.1 Å². The molecule has 4 bridgehead atoms. The summed E-state index contributed by atoms with van der Waals surface area (Å²) in [5.41, 5.74) is 4.41. The van der Waals surface area contributed by atoms with Crippen molar-refractivity contribution in [1.82, 2.24) is 10.9 Å². The molecule has 6 heteroatoms. The summed E-state index contributed by atoms with van der Waals surface area (Å²) in [5.74, 6) is 0.697. The fourth-order valence-corrected chi connectivity index (χ4v) is 6.21. The average molecular weight is 334 g/mol. The van der Waals surface area contributed by atoms with E-state index in [-0.39, 0.29) is 17.2 Å². The zero-order valence-corrected chi connectivity index (χ0v) is 13.8. The Kier molecular flexibility index (Phi) is 3.50. The van der Waals surface area contributed by atoms with Crippen LogP contribution in [0.25, 0.3) is 0 Å². The molecular formula is C17H22N2O3S. The molecule has 1 aromatic rings. The van der Waals surface area contributed by atoms with E-state index in [9.17, 15) is 14.7 Å². The van der Waals surface area contributed by atoms with Crippen LogP contribution in [0.2, 0.25) is 0 Å². The van der Waals surface area contributed by atoms with E-state index in [0.717, 1.165) is 32.1 Å². The Labute approximate surface area is 139 Å². The van der Waals surface area contributed by atoms with Gasteiger partial charge in [0.05, 0.1) is 10.5 Å². The van der Waals surface area contributed by atoms with Crippen LogP contribution in [-0.4, -0.2) is 22.5 Å². The molecule has 2 unspecified atom stereocenters. The molecular weight excluding hydrogens is 312 g/mol. The summed E-state index contributed by atoms with van der Waals surface area (Å²) in [6.07, 6.45) is 6.23. The largest absolute Gasteiger partial charge is 0.390 e. The lowest BCUT2D eigenvalue weighted by atomic mass is 9.47. The van der Waals surface area contributed by atoms with Crippen LogP contribution >= 0.6 is 11.3 Å². The zero-order valence-electron chi connectivity index (χ0n) is 13.0. The van der Waals surface area contributed by atoms with Crippen molar-refractivity contribution in [3.05, 3.63) is 22.4 Å². The molecule has 0 saturated heterocycles. The highest BCUT2D eigenvalue weighted by molar-refractivity contribution is 7.12. The van der Waals surface area contributed by atoms with Crippen molar-refractivity contribution in [2.45, 2.75) is 50.5 Å². The molecule has 4 fully saturated rings. The summed E-state index contributed by atoms with van der Waals surface area (Å²) in [7, 11) is 0. The molecule has 0 aromatic carbocycles. The topological polar surface area (TPSA) is 78.4 Å². The van der Waals surface area contributed by atoms with Gasteiger partial charge in [-0.05, 0) is 67.2 Å². The Bertz CT molecular complexity index is 614. The number of aliphatic hydroxyl groups is 1. The second-order valence-corrected chi connectivity index (χ2v) is 8.79. The maximum Gasteiger partial charge on any atom is 0.279 e. The van der Waals surface area contributed by atoms with Crippen molar-refractivity contribution < 1.29 is 14.7 Å². The lowest BCUT2D eigenvalue weighted by Gasteiger charge is -2.60. The van der Waals surface area contributed by atoms with Crippen LogP contribution < -0.4 is 10.9 Å². The number of thiophene rings is 1. The summed E-state index contributed by atoms with van der Waals surface area (Å²) < 4.78 is 0. The molecule has 1 aromatic heterocycles. The minimum absolute atomic E-state index is 0.0728. The first-order chi connectivity index (χ1) is 11.0. The molecule has 0 aliphatic heterocycles. The van der Waals surface area contributed by atoms with Crippen LogP contribution in [0.15, 0.2) is 17.5 Å². The van der Waals surface area contributed by atoms with Gasteiger partial charge in [0.2, 0.25) is 5.91 Å². The van der Waals surface area contributed by atoms with Gasteiger partial charge in [0.15, 0.2) is 0 Å². The van der Waals surface area contributed by atoms with Crippen LogP contribution in [0.4, 0.5) is 0 Å². The number of hydrazine groups is 1. The average Bonchev–Trinajstić information content (AvgIpc) is 2.95. The van der Waals surface area contributed by atoms with Crippen LogP contribution in [0.3, 0.4) is 0 Å². The Morgan fingerprint density at radius 2 is 1.96 bits per heavy atom. The first-order valence-corrected chi connectivity index (χ1v) is 9.18. The van der Waals surface area contributed by atoms with Crippen molar-refractivity contribution in [2.24, 2.45) is 17.3 Å². The van der Waals surface area contributed by atoms with Gasteiger partial charge in [-0.25, -0.2) is 0 Å². The van der Waals surface area contributed by atoms with E-state index in [1.807, 2.05) is 5.38 Å². The van der Waals surface area contributed by atoms with Gasteiger partial charge < -0.3 is 5.11 Å². The number of hydrogen-bond acceptors (Lipinski definition) is 4. The van der Waals surface area contributed by atoms with Crippen LogP contribution in [0, 0.1) is 17.3 Å². The molecule has 5 rings (SSSR count). The van der Waals surface area contributed by atoms with Crippen LogP contribution in [0.5, 0.6) is 0 Å². The molecule has 4 aliphatic carbocycles. The summed E-state index contributed by atoms with van der Waals surface area (Å²) >= 11 is 1.34. The Morgan fingerprint density at radius 3 is 2.57 bits per heavy atom. The Hall–Kier alpha value is -1.40. The van der Waals surface area contributed by atoms with Gasteiger partial charge in [0.1, 0.15) is 0 Å². The molecule has 2 amide bonds. The summed E-state index contributed by atoms with van der Waals surface area (Å²) in [6, 6.07) is 3.53. The first kappa shape index (κ1) is 15.1. The maximum absolute atomic E-state index is 12.3.